The maximum atomic E-state index is 13.5. The number of nitrogens with one attached hydrogen (secondary N) is 1. The summed E-state index contributed by atoms with van der Waals surface area (Å²) < 4.78 is 53.8. The van der Waals surface area contributed by atoms with Crippen LogP contribution in [0.4, 0.5) is 29.2 Å². The largest absolute Gasteiger partial charge is 0.408 e. The first-order valence-electron chi connectivity index (χ1n) is 10.8. The van der Waals surface area contributed by atoms with Crippen molar-refractivity contribution in [3.8, 4) is 0 Å². The molecule has 1 aliphatic heterocycles. The molecule has 1 saturated heterocycles. The fraction of sp³-hybridized carbons (Fsp3) is 0.455. The quantitative estimate of drug-likeness (QED) is 0.538. The van der Waals surface area contributed by atoms with Crippen molar-refractivity contribution in [2.45, 2.75) is 45.0 Å². The van der Waals surface area contributed by atoms with Gasteiger partial charge in [-0.3, -0.25) is 14.5 Å². The number of pyridine rings is 2. The van der Waals surface area contributed by atoms with Crippen LogP contribution in [0, 0.1) is 11.7 Å². The summed E-state index contributed by atoms with van der Waals surface area (Å²) in [5.41, 5.74) is -0.836. The lowest BCUT2D eigenvalue weighted by atomic mass is 9.81. The van der Waals surface area contributed by atoms with Crippen LogP contribution >= 0.6 is 0 Å². The van der Waals surface area contributed by atoms with Gasteiger partial charge in [-0.2, -0.15) is 18.3 Å². The zero-order chi connectivity index (χ0) is 24.7. The molecule has 1 aliphatic rings. The maximum Gasteiger partial charge on any atom is 0.408 e. The highest BCUT2D eigenvalue weighted by molar-refractivity contribution is 5.98. The minimum absolute atomic E-state index is 0.00354. The number of carbonyl (C=O) groups is 1. The maximum absolute atomic E-state index is 13.5. The van der Waals surface area contributed by atoms with Crippen LogP contribution in [0.3, 0.4) is 0 Å². The summed E-state index contributed by atoms with van der Waals surface area (Å²) in [6.07, 6.45) is -1.29. The minimum atomic E-state index is -4.56. The van der Waals surface area contributed by atoms with Gasteiger partial charge in [-0.15, -0.1) is 0 Å². The predicted octanol–water partition coefficient (Wildman–Crippen LogP) is 3.89. The highest BCUT2D eigenvalue weighted by atomic mass is 19.4. The summed E-state index contributed by atoms with van der Waals surface area (Å²) in [4.78, 5) is 22.6. The van der Waals surface area contributed by atoms with Crippen molar-refractivity contribution in [2.75, 3.05) is 18.4 Å². The van der Waals surface area contributed by atoms with Crippen molar-refractivity contribution in [3.63, 3.8) is 0 Å². The molecule has 34 heavy (non-hydrogen) atoms. The van der Waals surface area contributed by atoms with Crippen molar-refractivity contribution < 1.29 is 27.5 Å². The summed E-state index contributed by atoms with van der Waals surface area (Å²) in [6.45, 7) is 3.07. The SMILES string of the molecule is CC(C)C1(O)CCN(C(=O)c2cc3c(cn2)c(Nc2cc(F)ccn2)nn3CC(F)(F)F)CC1. The Kier molecular flexibility index (Phi) is 6.19. The first kappa shape index (κ1) is 23.9. The van der Waals surface area contributed by atoms with Gasteiger partial charge in [0.15, 0.2) is 5.82 Å². The number of alkyl halides is 3. The number of hydrogen-bond donors (Lipinski definition) is 2. The van der Waals surface area contributed by atoms with Crippen LogP contribution in [0.2, 0.25) is 0 Å². The standard InChI is InChI=1S/C22H24F4N6O2/c1-13(2)21(34)4-7-31(8-5-21)20(33)16-10-17-15(11-28-16)19(30-32(17)12-22(24,25)26)29-18-9-14(23)3-6-27-18/h3,6,9-11,13,34H,4-5,7-8,12H2,1-2H3,(H,27,29,30). The first-order valence-corrected chi connectivity index (χ1v) is 10.8. The lowest BCUT2D eigenvalue weighted by molar-refractivity contribution is -0.141. The molecule has 0 saturated carbocycles. The van der Waals surface area contributed by atoms with E-state index in [1.54, 1.807) is 0 Å². The van der Waals surface area contributed by atoms with E-state index in [-0.39, 0.29) is 34.2 Å². The zero-order valence-corrected chi connectivity index (χ0v) is 18.6. The van der Waals surface area contributed by atoms with Gasteiger partial charge < -0.3 is 15.3 Å². The number of likely N-dealkylation sites (tertiary alicyclic amines) is 1. The predicted molar refractivity (Wildman–Crippen MR) is 116 cm³/mol. The van der Waals surface area contributed by atoms with Crippen LogP contribution in [0.5, 0.6) is 0 Å². The molecular formula is C22H24F4N6O2. The molecule has 0 bridgehead atoms. The molecule has 0 aliphatic carbocycles. The van der Waals surface area contributed by atoms with E-state index in [4.69, 9.17) is 0 Å². The fourth-order valence-electron chi connectivity index (χ4n) is 4.00. The average Bonchev–Trinajstić information content (AvgIpc) is 3.08. The zero-order valence-electron chi connectivity index (χ0n) is 18.6. The van der Waals surface area contributed by atoms with E-state index in [1.165, 1.54) is 23.4 Å². The number of hydrogen-bond acceptors (Lipinski definition) is 6. The summed E-state index contributed by atoms with van der Waals surface area (Å²) in [5, 5.41) is 17.5. The van der Waals surface area contributed by atoms with Crippen LogP contribution in [-0.4, -0.2) is 60.5 Å². The normalized spacial score (nSPS) is 16.3. The Hall–Kier alpha value is -3.28. The highest BCUT2D eigenvalue weighted by Gasteiger charge is 2.37. The minimum Gasteiger partial charge on any atom is -0.389 e. The highest BCUT2D eigenvalue weighted by Crippen LogP contribution is 2.31. The van der Waals surface area contributed by atoms with Gasteiger partial charge in [0, 0.05) is 31.5 Å². The number of rotatable bonds is 5. The van der Waals surface area contributed by atoms with E-state index in [1.807, 2.05) is 13.8 Å². The number of aromatic nitrogens is 4. The second-order valence-corrected chi connectivity index (χ2v) is 8.74. The molecule has 4 heterocycles. The fourth-order valence-corrected chi connectivity index (χ4v) is 4.00. The molecular weight excluding hydrogens is 456 g/mol. The van der Waals surface area contributed by atoms with Gasteiger partial charge in [0.1, 0.15) is 23.9 Å². The van der Waals surface area contributed by atoms with Gasteiger partial charge in [0.05, 0.1) is 16.5 Å². The van der Waals surface area contributed by atoms with Crippen LogP contribution < -0.4 is 5.32 Å². The Labute approximate surface area is 192 Å². The van der Waals surface area contributed by atoms with Gasteiger partial charge >= 0.3 is 6.18 Å². The lowest BCUT2D eigenvalue weighted by Crippen LogP contribution is -2.49. The van der Waals surface area contributed by atoms with Crippen LogP contribution in [0.15, 0.2) is 30.6 Å². The van der Waals surface area contributed by atoms with E-state index in [0.29, 0.717) is 25.9 Å². The van der Waals surface area contributed by atoms with Crippen molar-refractivity contribution in [1.82, 2.24) is 24.6 Å². The van der Waals surface area contributed by atoms with Crippen LogP contribution in [0.25, 0.3) is 10.9 Å². The lowest BCUT2D eigenvalue weighted by Gasteiger charge is -2.40. The van der Waals surface area contributed by atoms with Gasteiger partial charge in [-0.1, -0.05) is 13.8 Å². The van der Waals surface area contributed by atoms with Gasteiger partial charge in [0.2, 0.25) is 0 Å². The number of anilines is 2. The molecule has 0 aromatic carbocycles. The molecule has 0 atom stereocenters. The molecule has 12 heteroatoms. The Morgan fingerprint density at radius 3 is 2.56 bits per heavy atom. The smallest absolute Gasteiger partial charge is 0.389 e. The number of aliphatic hydroxyl groups is 1. The van der Waals surface area contributed by atoms with Crippen molar-refractivity contribution in [1.29, 1.82) is 0 Å². The number of amides is 1. The Bertz CT molecular complexity index is 1200. The third-order valence-corrected chi connectivity index (χ3v) is 6.14. The molecule has 3 aromatic heterocycles. The molecule has 4 rings (SSSR count). The summed E-state index contributed by atoms with van der Waals surface area (Å²) >= 11 is 0. The molecule has 2 N–H and O–H groups in total. The third kappa shape index (κ3) is 4.96. The Morgan fingerprint density at radius 1 is 1.24 bits per heavy atom. The van der Waals surface area contributed by atoms with Crippen LogP contribution in [-0.2, 0) is 6.54 Å². The molecule has 1 amide bonds. The number of nitrogens with zero attached hydrogens (tertiary/aromatic N) is 5. The van der Waals surface area contributed by atoms with E-state index in [2.05, 4.69) is 20.4 Å². The van der Waals surface area contributed by atoms with E-state index in [9.17, 15) is 27.5 Å². The van der Waals surface area contributed by atoms with Crippen molar-refractivity contribution in [2.24, 2.45) is 5.92 Å². The van der Waals surface area contributed by atoms with Gasteiger partial charge in [-0.05, 0) is 30.9 Å². The number of piperidine rings is 1. The topological polar surface area (TPSA) is 96.2 Å². The first-order chi connectivity index (χ1) is 15.9. The van der Waals surface area contributed by atoms with Gasteiger partial charge in [-0.25, -0.2) is 9.37 Å². The second-order valence-electron chi connectivity index (χ2n) is 8.74. The van der Waals surface area contributed by atoms with E-state index in [0.717, 1.165) is 16.8 Å². The molecule has 0 radical (unpaired) electrons. The number of halogens is 4. The number of carbonyl (C=O) groups excluding carboxylic acids is 1. The van der Waals surface area contributed by atoms with E-state index >= 15 is 0 Å². The van der Waals surface area contributed by atoms with Gasteiger partial charge in [0.25, 0.3) is 5.91 Å². The van der Waals surface area contributed by atoms with Crippen molar-refractivity contribution >= 4 is 28.4 Å². The van der Waals surface area contributed by atoms with Crippen molar-refractivity contribution in [3.05, 3.63) is 42.1 Å². The molecule has 8 nitrogen and oxygen atoms in total. The molecule has 182 valence electrons. The molecule has 0 unspecified atom stereocenters. The third-order valence-electron chi connectivity index (χ3n) is 6.14. The monoisotopic (exact) mass is 480 g/mol. The molecule has 0 spiro atoms. The molecule has 1 fully saturated rings. The second kappa shape index (κ2) is 8.82. The summed E-state index contributed by atoms with van der Waals surface area (Å²) in [6, 6.07) is 3.48. The van der Waals surface area contributed by atoms with Crippen LogP contribution in [0.1, 0.15) is 37.2 Å². The number of fused-ring (bicyclic) bond motifs is 1. The summed E-state index contributed by atoms with van der Waals surface area (Å²) in [5.74, 6) is -0.912. The average molecular weight is 480 g/mol. The van der Waals surface area contributed by atoms with E-state index < -0.39 is 30.0 Å². The molecule has 3 aromatic rings. The Morgan fingerprint density at radius 2 is 1.94 bits per heavy atom. The Balaban J connectivity index is 1.65. The summed E-state index contributed by atoms with van der Waals surface area (Å²) in [7, 11) is 0.